The van der Waals surface area contributed by atoms with Gasteiger partial charge in [0.25, 0.3) is 0 Å². The Balaban J connectivity index is 1.88. The van der Waals surface area contributed by atoms with Crippen molar-refractivity contribution in [3.63, 3.8) is 0 Å². The fraction of sp³-hybridized carbons (Fsp3) is 0.467. The van der Waals surface area contributed by atoms with Crippen LogP contribution in [-0.4, -0.2) is 34.3 Å². The number of ether oxygens (including phenoxy) is 1. The molecule has 2 heterocycles. The van der Waals surface area contributed by atoms with E-state index < -0.39 is 5.54 Å². The topological polar surface area (TPSA) is 70.1 Å². The predicted molar refractivity (Wildman–Crippen MR) is 76.4 cm³/mol. The zero-order valence-corrected chi connectivity index (χ0v) is 11.6. The molecule has 1 aliphatic heterocycles. The molecule has 20 heavy (non-hydrogen) atoms. The van der Waals surface area contributed by atoms with E-state index in [0.717, 1.165) is 16.6 Å². The van der Waals surface area contributed by atoms with Gasteiger partial charge in [-0.25, -0.2) is 0 Å². The maximum absolute atomic E-state index is 12.5. The molecule has 2 aromatic rings. The van der Waals surface area contributed by atoms with Crippen molar-refractivity contribution in [1.29, 1.82) is 0 Å². The molecule has 5 nitrogen and oxygen atoms in total. The minimum absolute atomic E-state index is 0.0599. The van der Waals surface area contributed by atoms with Crippen molar-refractivity contribution >= 4 is 16.7 Å². The summed E-state index contributed by atoms with van der Waals surface area (Å²) in [4.78, 5) is 12.5. The van der Waals surface area contributed by atoms with Crippen LogP contribution < -0.4 is 5.73 Å². The molecule has 0 spiro atoms. The quantitative estimate of drug-likeness (QED) is 0.912. The van der Waals surface area contributed by atoms with Crippen molar-refractivity contribution in [1.82, 2.24) is 9.78 Å². The lowest BCUT2D eigenvalue weighted by atomic mass is 9.84. The number of aromatic nitrogens is 2. The number of ketones is 1. The third kappa shape index (κ3) is 2.23. The third-order valence-electron chi connectivity index (χ3n) is 4.10. The Bertz CT molecular complexity index is 642. The number of Topliss-reactive ketones (excluding diaryl/α,β-unsaturated/α-hetero) is 1. The normalized spacial score (nSPS) is 18.3. The molecule has 3 rings (SSSR count). The Morgan fingerprint density at radius 1 is 1.40 bits per heavy atom. The molecule has 106 valence electrons. The van der Waals surface area contributed by atoms with Crippen LogP contribution in [0.25, 0.3) is 10.9 Å². The van der Waals surface area contributed by atoms with Crippen molar-refractivity contribution in [3.8, 4) is 0 Å². The van der Waals surface area contributed by atoms with Crippen LogP contribution in [0.1, 0.15) is 18.5 Å². The molecule has 0 saturated carbocycles. The van der Waals surface area contributed by atoms with Crippen LogP contribution in [0.15, 0.2) is 24.3 Å². The van der Waals surface area contributed by atoms with E-state index in [-0.39, 0.29) is 12.2 Å². The number of aryl methyl sites for hydroxylation is 1. The van der Waals surface area contributed by atoms with E-state index in [9.17, 15) is 4.79 Å². The Kier molecular flexibility index (Phi) is 3.31. The lowest BCUT2D eigenvalue weighted by Crippen LogP contribution is -2.52. The summed E-state index contributed by atoms with van der Waals surface area (Å²) >= 11 is 0. The summed E-state index contributed by atoms with van der Waals surface area (Å²) in [5.41, 5.74) is 7.33. The zero-order chi connectivity index (χ0) is 14.2. The smallest absolute Gasteiger partial charge is 0.158 e. The summed E-state index contributed by atoms with van der Waals surface area (Å²) in [5, 5.41) is 5.49. The highest BCUT2D eigenvalue weighted by Crippen LogP contribution is 2.23. The van der Waals surface area contributed by atoms with E-state index in [1.165, 1.54) is 0 Å². The first-order valence-corrected chi connectivity index (χ1v) is 6.91. The predicted octanol–water partition coefficient (Wildman–Crippen LogP) is 1.19. The highest BCUT2D eigenvalue weighted by Gasteiger charge is 2.36. The molecule has 0 amide bonds. The van der Waals surface area contributed by atoms with Gasteiger partial charge in [0.15, 0.2) is 5.78 Å². The van der Waals surface area contributed by atoms with Gasteiger partial charge in [0, 0.05) is 25.6 Å². The number of nitrogens with zero attached hydrogens (tertiary/aromatic N) is 2. The molecule has 1 saturated heterocycles. The van der Waals surface area contributed by atoms with Crippen LogP contribution in [0.2, 0.25) is 0 Å². The number of carbonyl (C=O) groups is 1. The van der Waals surface area contributed by atoms with Crippen molar-refractivity contribution in [2.45, 2.75) is 24.8 Å². The fourth-order valence-electron chi connectivity index (χ4n) is 2.76. The average Bonchev–Trinajstić information content (AvgIpc) is 2.77. The molecule has 0 radical (unpaired) electrons. The number of nitrogens with two attached hydrogens (primary N) is 1. The molecule has 1 aromatic carbocycles. The lowest BCUT2D eigenvalue weighted by Gasteiger charge is -2.31. The largest absolute Gasteiger partial charge is 0.381 e. The van der Waals surface area contributed by atoms with Crippen LogP contribution in [0.3, 0.4) is 0 Å². The Hall–Kier alpha value is -1.72. The van der Waals surface area contributed by atoms with Gasteiger partial charge < -0.3 is 10.5 Å². The molecule has 0 unspecified atom stereocenters. The van der Waals surface area contributed by atoms with Crippen molar-refractivity contribution in [2.24, 2.45) is 12.8 Å². The SMILES string of the molecule is Cn1nc(CC(=O)C2(N)CCOCC2)c2ccccc21. The minimum atomic E-state index is -0.753. The van der Waals surface area contributed by atoms with Crippen LogP contribution in [-0.2, 0) is 23.0 Å². The summed E-state index contributed by atoms with van der Waals surface area (Å²) in [5.74, 6) is 0.0599. The molecule has 0 atom stereocenters. The second-order valence-electron chi connectivity index (χ2n) is 5.46. The van der Waals surface area contributed by atoms with Crippen LogP contribution >= 0.6 is 0 Å². The molecule has 1 aromatic heterocycles. The molecule has 5 heteroatoms. The number of fused-ring (bicyclic) bond motifs is 1. The molecule has 1 fully saturated rings. The van der Waals surface area contributed by atoms with Gasteiger partial charge in [-0.3, -0.25) is 9.48 Å². The molecule has 0 bridgehead atoms. The van der Waals surface area contributed by atoms with E-state index in [1.54, 1.807) is 0 Å². The fourth-order valence-corrected chi connectivity index (χ4v) is 2.76. The van der Waals surface area contributed by atoms with Gasteiger partial charge in [0.05, 0.1) is 23.2 Å². The Morgan fingerprint density at radius 3 is 2.85 bits per heavy atom. The molecule has 1 aliphatic rings. The summed E-state index contributed by atoms with van der Waals surface area (Å²) in [6.07, 6.45) is 1.48. The first-order valence-electron chi connectivity index (χ1n) is 6.91. The third-order valence-corrected chi connectivity index (χ3v) is 4.10. The number of benzene rings is 1. The molecular weight excluding hydrogens is 254 g/mol. The number of carbonyl (C=O) groups excluding carboxylic acids is 1. The number of hydrogen-bond acceptors (Lipinski definition) is 4. The zero-order valence-electron chi connectivity index (χ0n) is 11.6. The van der Waals surface area contributed by atoms with Gasteiger partial charge in [0.1, 0.15) is 0 Å². The van der Waals surface area contributed by atoms with E-state index >= 15 is 0 Å². The van der Waals surface area contributed by atoms with Gasteiger partial charge >= 0.3 is 0 Å². The molecular formula is C15H19N3O2. The molecule has 2 N–H and O–H groups in total. The second kappa shape index (κ2) is 5.00. The van der Waals surface area contributed by atoms with Crippen LogP contribution in [0.5, 0.6) is 0 Å². The number of rotatable bonds is 3. The van der Waals surface area contributed by atoms with Crippen molar-refractivity contribution in [3.05, 3.63) is 30.0 Å². The number of para-hydroxylation sites is 1. The van der Waals surface area contributed by atoms with Gasteiger partial charge in [-0.15, -0.1) is 0 Å². The number of hydrogen-bond donors (Lipinski definition) is 1. The first-order chi connectivity index (χ1) is 9.60. The van der Waals surface area contributed by atoms with Gasteiger partial charge in [0.2, 0.25) is 0 Å². The summed E-state index contributed by atoms with van der Waals surface area (Å²) in [6.45, 7) is 1.12. The Labute approximate surface area is 117 Å². The highest BCUT2D eigenvalue weighted by atomic mass is 16.5. The van der Waals surface area contributed by atoms with E-state index in [0.29, 0.717) is 26.1 Å². The minimum Gasteiger partial charge on any atom is -0.381 e. The summed E-state index contributed by atoms with van der Waals surface area (Å²) in [7, 11) is 1.89. The van der Waals surface area contributed by atoms with E-state index in [1.807, 2.05) is 36.0 Å². The highest BCUT2D eigenvalue weighted by molar-refractivity contribution is 5.93. The monoisotopic (exact) mass is 273 g/mol. The van der Waals surface area contributed by atoms with Gasteiger partial charge in [-0.05, 0) is 18.9 Å². The maximum Gasteiger partial charge on any atom is 0.158 e. The second-order valence-corrected chi connectivity index (χ2v) is 5.46. The standard InChI is InChI=1S/C15H19N3O2/c1-18-13-5-3-2-4-11(13)12(17-18)10-14(19)15(16)6-8-20-9-7-15/h2-5H,6-10,16H2,1H3. The first kappa shape index (κ1) is 13.3. The van der Waals surface area contributed by atoms with Gasteiger partial charge in [-0.1, -0.05) is 18.2 Å². The van der Waals surface area contributed by atoms with E-state index in [2.05, 4.69) is 5.10 Å². The summed E-state index contributed by atoms with van der Waals surface area (Å²) in [6, 6.07) is 7.93. The molecule has 0 aliphatic carbocycles. The summed E-state index contributed by atoms with van der Waals surface area (Å²) < 4.78 is 7.10. The van der Waals surface area contributed by atoms with E-state index in [4.69, 9.17) is 10.5 Å². The lowest BCUT2D eigenvalue weighted by molar-refractivity contribution is -0.126. The maximum atomic E-state index is 12.5. The van der Waals surface area contributed by atoms with Crippen LogP contribution in [0.4, 0.5) is 0 Å². The Morgan fingerprint density at radius 2 is 2.10 bits per heavy atom. The van der Waals surface area contributed by atoms with Gasteiger partial charge in [-0.2, -0.15) is 5.10 Å². The van der Waals surface area contributed by atoms with Crippen LogP contribution in [0, 0.1) is 0 Å². The van der Waals surface area contributed by atoms with Crippen molar-refractivity contribution < 1.29 is 9.53 Å². The van der Waals surface area contributed by atoms with Crippen molar-refractivity contribution in [2.75, 3.05) is 13.2 Å². The average molecular weight is 273 g/mol.